The lowest BCUT2D eigenvalue weighted by Gasteiger charge is -2.30. The van der Waals surface area contributed by atoms with Crippen LogP contribution in [-0.2, 0) is 38.1 Å². The molecule has 0 saturated carbocycles. The second-order valence-corrected chi connectivity index (χ2v) is 26.3. The molecule has 0 aromatic heterocycles. The van der Waals surface area contributed by atoms with Crippen molar-refractivity contribution in [3.63, 3.8) is 0 Å². The molecular formula is C76H146O8. The Balaban J connectivity index is 4.82. The van der Waals surface area contributed by atoms with E-state index in [0.717, 1.165) is 57.8 Å². The number of esters is 4. The summed E-state index contributed by atoms with van der Waals surface area (Å²) in [7, 11) is 0. The van der Waals surface area contributed by atoms with Crippen LogP contribution >= 0.6 is 0 Å². The van der Waals surface area contributed by atoms with E-state index in [1.807, 2.05) is 6.92 Å². The number of unbranched alkanes of at least 4 members (excludes halogenated alkanes) is 57. The van der Waals surface area contributed by atoms with Gasteiger partial charge >= 0.3 is 23.9 Å². The van der Waals surface area contributed by atoms with Crippen molar-refractivity contribution in [3.8, 4) is 0 Å². The molecule has 0 fully saturated rings. The van der Waals surface area contributed by atoms with Crippen LogP contribution in [0.25, 0.3) is 0 Å². The zero-order valence-corrected chi connectivity index (χ0v) is 57.1. The van der Waals surface area contributed by atoms with Gasteiger partial charge < -0.3 is 18.9 Å². The van der Waals surface area contributed by atoms with E-state index < -0.39 is 42.3 Å². The van der Waals surface area contributed by atoms with Crippen LogP contribution in [0.5, 0.6) is 0 Å². The molecule has 0 aliphatic heterocycles. The van der Waals surface area contributed by atoms with Gasteiger partial charge in [0, 0.05) is 6.42 Å². The van der Waals surface area contributed by atoms with Crippen molar-refractivity contribution in [2.45, 2.75) is 444 Å². The molecule has 0 atom stereocenters. The van der Waals surface area contributed by atoms with Crippen molar-refractivity contribution in [2.24, 2.45) is 0 Å². The van der Waals surface area contributed by atoms with Crippen LogP contribution in [0.1, 0.15) is 439 Å². The SMILES string of the molecule is CCCCCCCCCCCCCCCCCCCCCCOC(=O)CC(CC(=O)OCCCCCCCCCCCCCCCCCCCCCC)(OC(=O)CCC)C(=O)OCCCCCCCCCCCCCCCCCCCCCC. The van der Waals surface area contributed by atoms with Crippen LogP contribution in [0.4, 0.5) is 0 Å². The molecule has 0 aromatic rings. The number of rotatable bonds is 71. The molecule has 0 spiro atoms. The smallest absolute Gasteiger partial charge is 0.351 e. The molecule has 8 nitrogen and oxygen atoms in total. The topological polar surface area (TPSA) is 105 Å². The number of hydrogen-bond acceptors (Lipinski definition) is 8. The molecule has 498 valence electrons. The molecule has 84 heavy (non-hydrogen) atoms. The highest BCUT2D eigenvalue weighted by molar-refractivity contribution is 5.92. The molecule has 0 aromatic carbocycles. The molecule has 0 unspecified atom stereocenters. The monoisotopic (exact) mass is 1190 g/mol. The molecule has 8 heteroatoms. The second-order valence-electron chi connectivity index (χ2n) is 26.3. The van der Waals surface area contributed by atoms with Crippen LogP contribution < -0.4 is 0 Å². The number of carbonyl (C=O) groups excluding carboxylic acids is 4. The molecule has 0 N–H and O–H groups in total. The van der Waals surface area contributed by atoms with E-state index >= 15 is 0 Å². The van der Waals surface area contributed by atoms with Gasteiger partial charge in [-0.1, -0.05) is 394 Å². The second kappa shape index (κ2) is 68.4. The maximum Gasteiger partial charge on any atom is 0.351 e. The Labute approximate surface area is 523 Å². The third kappa shape index (κ3) is 60.2. The average Bonchev–Trinajstić information content (AvgIpc) is 3.69. The summed E-state index contributed by atoms with van der Waals surface area (Å²) in [6, 6.07) is 0. The van der Waals surface area contributed by atoms with Crippen molar-refractivity contribution < 1.29 is 38.1 Å². The first-order chi connectivity index (χ1) is 41.3. The zero-order valence-electron chi connectivity index (χ0n) is 57.1. The standard InChI is InChI=1S/C76H146O8/c1-5-9-12-15-18-21-24-27-30-33-36-39-42-45-48-51-54-57-60-63-67-81-73(78)70-76(84-72(77)66-8-4,75(80)83-69-65-62-59-56-53-50-47-44-41-38-35-32-29-26-23-20-17-14-11-7-3)71-74(79)82-68-64-61-58-55-52-49-46-43-40-37-34-31-28-25-22-19-16-13-10-6-2/h5-71H2,1-4H3. The highest BCUT2D eigenvalue weighted by Crippen LogP contribution is 2.28. The lowest BCUT2D eigenvalue weighted by atomic mass is 9.94. The molecule has 0 rings (SSSR count). The van der Waals surface area contributed by atoms with Crippen LogP contribution in [0.2, 0.25) is 0 Å². The van der Waals surface area contributed by atoms with Crippen LogP contribution in [0.15, 0.2) is 0 Å². The molecule has 0 saturated heterocycles. The first kappa shape index (κ1) is 81.9. The minimum Gasteiger partial charge on any atom is -0.466 e. The summed E-state index contributed by atoms with van der Waals surface area (Å²) in [5, 5.41) is 0. The van der Waals surface area contributed by atoms with Crippen molar-refractivity contribution >= 4 is 23.9 Å². The largest absolute Gasteiger partial charge is 0.466 e. The van der Waals surface area contributed by atoms with E-state index in [0.29, 0.717) is 12.8 Å². The van der Waals surface area contributed by atoms with Gasteiger partial charge in [-0.25, -0.2) is 4.79 Å². The summed E-state index contributed by atoms with van der Waals surface area (Å²) in [5.41, 5.74) is -2.13. The summed E-state index contributed by atoms with van der Waals surface area (Å²) in [5.74, 6) is -2.85. The first-order valence-electron chi connectivity index (χ1n) is 38.0. The first-order valence-corrected chi connectivity index (χ1v) is 38.0. The Bertz CT molecular complexity index is 1310. The quantitative estimate of drug-likeness (QED) is 0.0337. The Morgan fingerprint density at radius 2 is 0.393 bits per heavy atom. The van der Waals surface area contributed by atoms with Gasteiger partial charge in [-0.3, -0.25) is 14.4 Å². The Kier molecular flexibility index (Phi) is 66.6. The molecule has 0 aliphatic rings. The molecule has 0 heterocycles. The predicted octanol–water partition coefficient (Wildman–Crippen LogP) is 24.9. The van der Waals surface area contributed by atoms with E-state index in [4.69, 9.17) is 18.9 Å². The third-order valence-corrected chi connectivity index (χ3v) is 17.7. The molecule has 0 amide bonds. The van der Waals surface area contributed by atoms with Gasteiger partial charge in [0.1, 0.15) is 0 Å². The van der Waals surface area contributed by atoms with Gasteiger partial charge in [0.05, 0.1) is 32.7 Å². The lowest BCUT2D eigenvalue weighted by Crippen LogP contribution is -2.48. The number of ether oxygens (including phenoxy) is 4. The van der Waals surface area contributed by atoms with E-state index in [1.165, 1.54) is 321 Å². The van der Waals surface area contributed by atoms with Crippen molar-refractivity contribution in [1.82, 2.24) is 0 Å². The summed E-state index contributed by atoms with van der Waals surface area (Å²) < 4.78 is 23.0. The van der Waals surface area contributed by atoms with Crippen LogP contribution in [0, 0.1) is 0 Å². The van der Waals surface area contributed by atoms with Gasteiger partial charge in [0.2, 0.25) is 5.60 Å². The number of carbonyl (C=O) groups is 4. The van der Waals surface area contributed by atoms with Gasteiger partial charge in [-0.2, -0.15) is 0 Å². The Morgan fingerprint density at radius 3 is 0.583 bits per heavy atom. The van der Waals surface area contributed by atoms with Gasteiger partial charge in [-0.05, 0) is 25.7 Å². The van der Waals surface area contributed by atoms with Crippen molar-refractivity contribution in [1.29, 1.82) is 0 Å². The molecular weight excluding hydrogens is 1040 g/mol. The maximum absolute atomic E-state index is 14.1. The van der Waals surface area contributed by atoms with Crippen molar-refractivity contribution in [2.75, 3.05) is 19.8 Å². The molecule has 0 bridgehead atoms. The fourth-order valence-electron chi connectivity index (χ4n) is 12.1. The summed E-state index contributed by atoms with van der Waals surface area (Å²) in [6.07, 6.45) is 76.8. The fraction of sp³-hybridized carbons (Fsp3) is 0.947. The summed E-state index contributed by atoms with van der Waals surface area (Å²) >= 11 is 0. The molecule has 0 aliphatic carbocycles. The predicted molar refractivity (Wildman–Crippen MR) is 360 cm³/mol. The zero-order chi connectivity index (χ0) is 61.0. The van der Waals surface area contributed by atoms with Crippen molar-refractivity contribution in [3.05, 3.63) is 0 Å². The van der Waals surface area contributed by atoms with Gasteiger partial charge in [-0.15, -0.1) is 0 Å². The Morgan fingerprint density at radius 1 is 0.214 bits per heavy atom. The van der Waals surface area contributed by atoms with Gasteiger partial charge in [0.25, 0.3) is 0 Å². The highest BCUT2D eigenvalue weighted by Gasteiger charge is 2.49. The average molecular weight is 1190 g/mol. The highest BCUT2D eigenvalue weighted by atomic mass is 16.6. The van der Waals surface area contributed by atoms with E-state index in [2.05, 4.69) is 20.8 Å². The third-order valence-electron chi connectivity index (χ3n) is 17.7. The summed E-state index contributed by atoms with van der Waals surface area (Å²) in [4.78, 5) is 54.3. The minimum atomic E-state index is -2.13. The maximum atomic E-state index is 14.1. The lowest BCUT2D eigenvalue weighted by molar-refractivity contribution is -0.191. The van der Waals surface area contributed by atoms with Crippen LogP contribution in [-0.4, -0.2) is 49.3 Å². The molecule has 0 radical (unpaired) electrons. The van der Waals surface area contributed by atoms with E-state index in [9.17, 15) is 19.2 Å². The fourth-order valence-corrected chi connectivity index (χ4v) is 12.1. The number of hydrogen-bond donors (Lipinski definition) is 0. The van der Waals surface area contributed by atoms with E-state index in [1.54, 1.807) is 0 Å². The minimum absolute atomic E-state index is 0.0529. The van der Waals surface area contributed by atoms with Gasteiger partial charge in [0.15, 0.2) is 0 Å². The normalized spacial score (nSPS) is 11.6. The van der Waals surface area contributed by atoms with Crippen LogP contribution in [0.3, 0.4) is 0 Å². The van der Waals surface area contributed by atoms with E-state index in [-0.39, 0.29) is 26.2 Å². The summed E-state index contributed by atoms with van der Waals surface area (Å²) in [6.45, 7) is 9.28. The Hall–Kier alpha value is -2.12.